The van der Waals surface area contributed by atoms with Crippen molar-refractivity contribution in [3.8, 4) is 0 Å². The van der Waals surface area contributed by atoms with E-state index in [0.29, 0.717) is 28.7 Å². The van der Waals surface area contributed by atoms with Crippen LogP contribution in [0.4, 0.5) is 0 Å². The number of nitrogens with zero attached hydrogens (tertiary/aromatic N) is 1. The Bertz CT molecular complexity index is 781. The van der Waals surface area contributed by atoms with Crippen molar-refractivity contribution in [1.82, 2.24) is 10.2 Å². The van der Waals surface area contributed by atoms with Gasteiger partial charge in [-0.1, -0.05) is 66.5 Å². The first-order valence-electron chi connectivity index (χ1n) is 8.97. The van der Waals surface area contributed by atoms with Gasteiger partial charge in [-0.25, -0.2) is 0 Å². The number of carbonyl (C=O) groups excluding carboxylic acids is 2. The van der Waals surface area contributed by atoms with Crippen molar-refractivity contribution in [1.29, 1.82) is 0 Å². The van der Waals surface area contributed by atoms with E-state index in [1.807, 2.05) is 37.3 Å². The van der Waals surface area contributed by atoms with Crippen molar-refractivity contribution in [2.24, 2.45) is 0 Å². The van der Waals surface area contributed by atoms with Gasteiger partial charge in [0, 0.05) is 23.1 Å². The van der Waals surface area contributed by atoms with Gasteiger partial charge in [-0.3, -0.25) is 9.59 Å². The monoisotopic (exact) mass is 406 g/mol. The molecule has 0 fully saturated rings. The zero-order valence-corrected chi connectivity index (χ0v) is 17.1. The molecule has 1 unspecified atom stereocenters. The molecule has 0 aliphatic carbocycles. The molecular weight excluding hydrogens is 383 g/mol. The van der Waals surface area contributed by atoms with Crippen molar-refractivity contribution < 1.29 is 9.59 Å². The Hall–Kier alpha value is -2.04. The van der Waals surface area contributed by atoms with E-state index < -0.39 is 6.04 Å². The quantitative estimate of drug-likeness (QED) is 0.702. The molecule has 6 heteroatoms. The number of benzene rings is 2. The lowest BCUT2D eigenvalue weighted by Gasteiger charge is -2.29. The van der Waals surface area contributed by atoms with Crippen LogP contribution in [-0.4, -0.2) is 29.3 Å². The molecule has 144 valence electrons. The average molecular weight is 407 g/mol. The van der Waals surface area contributed by atoms with Gasteiger partial charge in [-0.2, -0.15) is 0 Å². The molecule has 2 aromatic carbocycles. The molecule has 0 aliphatic rings. The minimum absolute atomic E-state index is 0.105. The van der Waals surface area contributed by atoms with E-state index in [2.05, 4.69) is 5.32 Å². The summed E-state index contributed by atoms with van der Waals surface area (Å²) in [6.07, 6.45) is 0.944. The highest BCUT2D eigenvalue weighted by Gasteiger charge is 2.26. The summed E-state index contributed by atoms with van der Waals surface area (Å²) in [7, 11) is 0. The van der Waals surface area contributed by atoms with E-state index in [4.69, 9.17) is 23.2 Å². The smallest absolute Gasteiger partial charge is 0.242 e. The van der Waals surface area contributed by atoms with Crippen molar-refractivity contribution in [2.45, 2.75) is 39.3 Å². The van der Waals surface area contributed by atoms with Gasteiger partial charge in [0.05, 0.1) is 6.42 Å². The van der Waals surface area contributed by atoms with Crippen LogP contribution in [0.25, 0.3) is 0 Å². The Kier molecular flexibility index (Phi) is 8.14. The van der Waals surface area contributed by atoms with E-state index in [1.54, 1.807) is 30.0 Å². The maximum absolute atomic E-state index is 13.0. The van der Waals surface area contributed by atoms with Crippen LogP contribution in [0.2, 0.25) is 10.0 Å². The standard InChI is InChI=1S/C21H24Cl2N2O2/c1-3-11-24-21(27)15(2)25(14-16-7-5-4-6-8-16)20(26)12-17-9-10-18(22)13-19(17)23/h4-10,13,15H,3,11-12,14H2,1-2H3,(H,24,27). The van der Waals surface area contributed by atoms with Crippen LogP contribution in [0.5, 0.6) is 0 Å². The third-order valence-corrected chi connectivity index (χ3v) is 4.86. The number of nitrogens with one attached hydrogen (secondary N) is 1. The molecule has 0 saturated heterocycles. The second-order valence-electron chi connectivity index (χ2n) is 6.39. The average Bonchev–Trinajstić information content (AvgIpc) is 2.66. The van der Waals surface area contributed by atoms with Gasteiger partial charge in [0.1, 0.15) is 6.04 Å². The molecule has 27 heavy (non-hydrogen) atoms. The Morgan fingerprint density at radius 1 is 1.11 bits per heavy atom. The third-order valence-electron chi connectivity index (χ3n) is 4.27. The van der Waals surface area contributed by atoms with Crippen LogP contribution in [0.1, 0.15) is 31.4 Å². The fraction of sp³-hybridized carbons (Fsp3) is 0.333. The van der Waals surface area contributed by atoms with Gasteiger partial charge in [-0.05, 0) is 36.6 Å². The van der Waals surface area contributed by atoms with Crippen molar-refractivity contribution >= 4 is 35.0 Å². The molecule has 1 N–H and O–H groups in total. The zero-order chi connectivity index (χ0) is 19.8. The second kappa shape index (κ2) is 10.3. The number of rotatable bonds is 8. The van der Waals surface area contributed by atoms with E-state index in [9.17, 15) is 9.59 Å². The van der Waals surface area contributed by atoms with E-state index in [1.165, 1.54) is 0 Å². The fourth-order valence-electron chi connectivity index (χ4n) is 2.69. The first-order chi connectivity index (χ1) is 12.9. The molecule has 0 heterocycles. The minimum Gasteiger partial charge on any atom is -0.354 e. The van der Waals surface area contributed by atoms with Crippen molar-refractivity contribution in [3.05, 3.63) is 69.7 Å². The second-order valence-corrected chi connectivity index (χ2v) is 7.23. The molecule has 4 nitrogen and oxygen atoms in total. The Morgan fingerprint density at radius 2 is 1.81 bits per heavy atom. The molecule has 0 spiro atoms. The number of carbonyl (C=O) groups is 2. The lowest BCUT2D eigenvalue weighted by Crippen LogP contribution is -2.48. The maximum Gasteiger partial charge on any atom is 0.242 e. The van der Waals surface area contributed by atoms with E-state index >= 15 is 0 Å². The Morgan fingerprint density at radius 3 is 2.44 bits per heavy atom. The first kappa shape index (κ1) is 21.3. The molecule has 0 radical (unpaired) electrons. The molecular formula is C21H24Cl2N2O2. The van der Waals surface area contributed by atoms with Crippen molar-refractivity contribution in [2.75, 3.05) is 6.54 Å². The maximum atomic E-state index is 13.0. The van der Waals surface area contributed by atoms with Gasteiger partial charge < -0.3 is 10.2 Å². The topological polar surface area (TPSA) is 49.4 Å². The molecule has 2 aromatic rings. The lowest BCUT2D eigenvalue weighted by atomic mass is 10.1. The predicted octanol–water partition coefficient (Wildman–Crippen LogP) is 4.48. The summed E-state index contributed by atoms with van der Waals surface area (Å²) in [5.74, 6) is -0.328. The summed E-state index contributed by atoms with van der Waals surface area (Å²) in [6, 6.07) is 14.1. The highest BCUT2D eigenvalue weighted by atomic mass is 35.5. The Balaban J connectivity index is 2.21. The van der Waals surface area contributed by atoms with Gasteiger partial charge >= 0.3 is 0 Å². The van der Waals surface area contributed by atoms with Crippen LogP contribution in [0.15, 0.2) is 48.5 Å². The molecule has 1 atom stereocenters. The molecule has 0 bridgehead atoms. The minimum atomic E-state index is -0.588. The molecule has 0 aliphatic heterocycles. The predicted molar refractivity (Wildman–Crippen MR) is 110 cm³/mol. The number of hydrogen-bond acceptors (Lipinski definition) is 2. The number of hydrogen-bond donors (Lipinski definition) is 1. The fourth-order valence-corrected chi connectivity index (χ4v) is 3.16. The molecule has 0 aromatic heterocycles. The summed E-state index contributed by atoms with van der Waals surface area (Å²) in [4.78, 5) is 27.1. The van der Waals surface area contributed by atoms with Gasteiger partial charge in [-0.15, -0.1) is 0 Å². The van der Waals surface area contributed by atoms with Gasteiger partial charge in [0.15, 0.2) is 0 Å². The summed E-state index contributed by atoms with van der Waals surface area (Å²) < 4.78 is 0. The van der Waals surface area contributed by atoms with Crippen LogP contribution >= 0.6 is 23.2 Å². The lowest BCUT2D eigenvalue weighted by molar-refractivity contribution is -0.140. The van der Waals surface area contributed by atoms with Gasteiger partial charge in [0.25, 0.3) is 0 Å². The van der Waals surface area contributed by atoms with E-state index in [0.717, 1.165) is 12.0 Å². The number of amides is 2. The summed E-state index contributed by atoms with van der Waals surface area (Å²) in [6.45, 7) is 4.67. The van der Waals surface area contributed by atoms with Crippen LogP contribution in [0.3, 0.4) is 0 Å². The molecule has 2 amide bonds. The molecule has 0 saturated carbocycles. The summed E-state index contributed by atoms with van der Waals surface area (Å²) >= 11 is 12.1. The van der Waals surface area contributed by atoms with E-state index in [-0.39, 0.29) is 18.2 Å². The Labute approximate surface area is 170 Å². The third kappa shape index (κ3) is 6.26. The largest absolute Gasteiger partial charge is 0.354 e. The first-order valence-corrected chi connectivity index (χ1v) is 9.73. The molecule has 2 rings (SSSR count). The highest BCUT2D eigenvalue weighted by molar-refractivity contribution is 6.35. The van der Waals surface area contributed by atoms with Crippen LogP contribution < -0.4 is 5.32 Å². The summed E-state index contributed by atoms with van der Waals surface area (Å²) in [5.41, 5.74) is 1.65. The normalized spacial score (nSPS) is 11.7. The van der Waals surface area contributed by atoms with Gasteiger partial charge in [0.2, 0.25) is 11.8 Å². The SMILES string of the molecule is CCCNC(=O)C(C)N(Cc1ccccc1)C(=O)Cc1ccc(Cl)cc1Cl. The highest BCUT2D eigenvalue weighted by Crippen LogP contribution is 2.22. The number of halogens is 2. The summed E-state index contributed by atoms with van der Waals surface area (Å²) in [5, 5.41) is 3.82. The van der Waals surface area contributed by atoms with Crippen LogP contribution in [0, 0.1) is 0 Å². The van der Waals surface area contributed by atoms with Crippen LogP contribution in [-0.2, 0) is 22.6 Å². The zero-order valence-electron chi connectivity index (χ0n) is 15.5. The van der Waals surface area contributed by atoms with Crippen molar-refractivity contribution in [3.63, 3.8) is 0 Å².